The van der Waals surface area contributed by atoms with E-state index in [4.69, 9.17) is 4.74 Å². The highest BCUT2D eigenvalue weighted by Crippen LogP contribution is 2.08. The number of carbonyl (C=O) groups excluding carboxylic acids is 1. The number of rotatable bonds is 9. The van der Waals surface area contributed by atoms with E-state index in [9.17, 15) is 4.79 Å². The van der Waals surface area contributed by atoms with Gasteiger partial charge in [0.05, 0.1) is 6.61 Å². The van der Waals surface area contributed by atoms with Gasteiger partial charge in [0, 0.05) is 6.92 Å². The number of hydrogen-bond acceptors (Lipinski definition) is 2. The summed E-state index contributed by atoms with van der Waals surface area (Å²) in [6.45, 7) is 2.03. The molecule has 2 aromatic carbocycles. The van der Waals surface area contributed by atoms with Crippen LogP contribution in [-0.4, -0.2) is 21.4 Å². The van der Waals surface area contributed by atoms with Gasteiger partial charge >= 0.3 is 5.97 Å². The SMILES string of the molecule is CC(=O)OCCCCCC[Si](c1ccccc1)c1ccccc1. The van der Waals surface area contributed by atoms with Crippen LogP contribution in [0.5, 0.6) is 0 Å². The Balaban J connectivity index is 1.83. The first-order chi connectivity index (χ1) is 11.3. The number of hydrogen-bond donors (Lipinski definition) is 0. The average molecular weight is 326 g/mol. The normalized spacial score (nSPS) is 10.7. The molecule has 0 aliphatic rings. The lowest BCUT2D eigenvalue weighted by Gasteiger charge is -2.16. The molecule has 0 bridgehead atoms. The van der Waals surface area contributed by atoms with E-state index in [0.29, 0.717) is 6.61 Å². The zero-order chi connectivity index (χ0) is 16.3. The van der Waals surface area contributed by atoms with Crippen LogP contribution in [0, 0.1) is 0 Å². The number of unbranched alkanes of at least 4 members (excludes halogenated alkanes) is 3. The van der Waals surface area contributed by atoms with Crippen molar-refractivity contribution >= 4 is 25.1 Å². The molecule has 0 heterocycles. The molecule has 0 unspecified atom stereocenters. The smallest absolute Gasteiger partial charge is 0.302 e. The fourth-order valence-electron chi connectivity index (χ4n) is 2.71. The minimum absolute atomic E-state index is 0.177. The standard InChI is InChI=1S/C20H25O2Si/c1-18(21)22-16-10-2-3-11-17-23(19-12-6-4-7-13-19)20-14-8-5-9-15-20/h4-9,12-15H,2-3,10-11,16-17H2,1H3. The van der Waals surface area contributed by atoms with Crippen molar-refractivity contribution < 1.29 is 9.53 Å². The predicted molar refractivity (Wildman–Crippen MR) is 97.8 cm³/mol. The molecule has 23 heavy (non-hydrogen) atoms. The maximum absolute atomic E-state index is 10.7. The van der Waals surface area contributed by atoms with Gasteiger partial charge in [-0.05, 0) is 6.42 Å². The molecule has 0 aliphatic carbocycles. The maximum atomic E-state index is 10.7. The van der Waals surface area contributed by atoms with E-state index in [2.05, 4.69) is 60.7 Å². The summed E-state index contributed by atoms with van der Waals surface area (Å²) in [7, 11) is -0.691. The van der Waals surface area contributed by atoms with Crippen LogP contribution in [0.2, 0.25) is 6.04 Å². The first-order valence-electron chi connectivity index (χ1n) is 8.37. The number of carbonyl (C=O) groups is 1. The first kappa shape index (κ1) is 17.5. The summed E-state index contributed by atoms with van der Waals surface area (Å²) in [6.07, 6.45) is 4.54. The Morgan fingerprint density at radius 1 is 0.826 bits per heavy atom. The van der Waals surface area contributed by atoms with Crippen LogP contribution in [0.1, 0.15) is 32.6 Å². The number of ether oxygens (including phenoxy) is 1. The van der Waals surface area contributed by atoms with Crippen LogP contribution < -0.4 is 10.4 Å². The second-order valence-corrected chi connectivity index (χ2v) is 8.33. The number of benzene rings is 2. The molecule has 2 rings (SSSR count). The monoisotopic (exact) mass is 325 g/mol. The molecule has 3 heteroatoms. The Morgan fingerprint density at radius 3 is 1.87 bits per heavy atom. The molecular weight excluding hydrogens is 300 g/mol. The summed E-state index contributed by atoms with van der Waals surface area (Å²) in [4.78, 5) is 10.7. The molecule has 0 N–H and O–H groups in total. The Bertz CT molecular complexity index is 529. The van der Waals surface area contributed by atoms with Crippen LogP contribution in [0.3, 0.4) is 0 Å². The van der Waals surface area contributed by atoms with Crippen molar-refractivity contribution in [3.63, 3.8) is 0 Å². The van der Waals surface area contributed by atoms with E-state index in [1.165, 1.54) is 36.2 Å². The zero-order valence-electron chi connectivity index (χ0n) is 13.8. The molecule has 0 saturated carbocycles. The summed E-state index contributed by atoms with van der Waals surface area (Å²) >= 11 is 0. The molecule has 2 aromatic rings. The zero-order valence-corrected chi connectivity index (χ0v) is 14.8. The lowest BCUT2D eigenvalue weighted by atomic mass is 10.2. The van der Waals surface area contributed by atoms with Gasteiger partial charge in [-0.25, -0.2) is 0 Å². The van der Waals surface area contributed by atoms with Gasteiger partial charge < -0.3 is 4.74 Å². The third-order valence-corrected chi connectivity index (χ3v) is 6.79. The molecule has 0 aromatic heterocycles. The van der Waals surface area contributed by atoms with Crippen molar-refractivity contribution in [2.24, 2.45) is 0 Å². The summed E-state index contributed by atoms with van der Waals surface area (Å²) in [5.74, 6) is -0.177. The van der Waals surface area contributed by atoms with Crippen LogP contribution in [0.25, 0.3) is 0 Å². The Hall–Kier alpha value is -1.87. The van der Waals surface area contributed by atoms with E-state index >= 15 is 0 Å². The van der Waals surface area contributed by atoms with E-state index in [1.54, 1.807) is 0 Å². The highest BCUT2D eigenvalue weighted by Gasteiger charge is 2.15. The van der Waals surface area contributed by atoms with Gasteiger partial charge in [0.2, 0.25) is 0 Å². The Kier molecular flexibility index (Phi) is 7.60. The molecule has 1 radical (unpaired) electrons. The van der Waals surface area contributed by atoms with E-state index < -0.39 is 8.80 Å². The topological polar surface area (TPSA) is 26.3 Å². The van der Waals surface area contributed by atoms with Crippen LogP contribution in [0.15, 0.2) is 60.7 Å². The van der Waals surface area contributed by atoms with Crippen LogP contribution in [0.4, 0.5) is 0 Å². The Labute approximate surface area is 141 Å². The van der Waals surface area contributed by atoms with Crippen LogP contribution >= 0.6 is 0 Å². The van der Waals surface area contributed by atoms with Crippen molar-refractivity contribution in [2.45, 2.75) is 38.7 Å². The van der Waals surface area contributed by atoms with E-state index in [1.807, 2.05) is 0 Å². The van der Waals surface area contributed by atoms with Gasteiger partial charge in [0.25, 0.3) is 0 Å². The highest BCUT2D eigenvalue weighted by atomic mass is 28.3. The second-order valence-electron chi connectivity index (χ2n) is 5.71. The quantitative estimate of drug-likeness (QED) is 0.401. The first-order valence-corrected chi connectivity index (χ1v) is 10.1. The Morgan fingerprint density at radius 2 is 1.35 bits per heavy atom. The molecule has 0 saturated heterocycles. The van der Waals surface area contributed by atoms with E-state index in [0.717, 1.165) is 12.8 Å². The molecule has 0 amide bonds. The summed E-state index contributed by atoms with van der Waals surface area (Å²) in [5, 5.41) is 2.98. The fourth-order valence-corrected chi connectivity index (χ4v) is 5.41. The molecule has 0 fully saturated rings. The van der Waals surface area contributed by atoms with Gasteiger partial charge in [-0.3, -0.25) is 4.79 Å². The van der Waals surface area contributed by atoms with Gasteiger partial charge in [0.15, 0.2) is 0 Å². The van der Waals surface area contributed by atoms with Crippen molar-refractivity contribution in [1.29, 1.82) is 0 Å². The lowest BCUT2D eigenvalue weighted by Crippen LogP contribution is -2.41. The number of esters is 1. The third kappa shape index (κ3) is 6.41. The minimum atomic E-state index is -0.691. The average Bonchev–Trinajstić information content (AvgIpc) is 2.59. The largest absolute Gasteiger partial charge is 0.466 e. The molecule has 0 aliphatic heterocycles. The van der Waals surface area contributed by atoms with Crippen molar-refractivity contribution in [3.05, 3.63) is 60.7 Å². The summed E-state index contributed by atoms with van der Waals surface area (Å²) in [5.41, 5.74) is 0. The summed E-state index contributed by atoms with van der Waals surface area (Å²) < 4.78 is 4.98. The molecule has 121 valence electrons. The van der Waals surface area contributed by atoms with Gasteiger partial charge in [-0.2, -0.15) is 0 Å². The molecular formula is C20H25O2Si. The van der Waals surface area contributed by atoms with Crippen LogP contribution in [-0.2, 0) is 9.53 Å². The van der Waals surface area contributed by atoms with Gasteiger partial charge in [0.1, 0.15) is 8.80 Å². The molecule has 0 atom stereocenters. The minimum Gasteiger partial charge on any atom is -0.466 e. The third-order valence-electron chi connectivity index (χ3n) is 3.87. The maximum Gasteiger partial charge on any atom is 0.302 e. The molecule has 0 spiro atoms. The lowest BCUT2D eigenvalue weighted by molar-refractivity contribution is -0.141. The summed E-state index contributed by atoms with van der Waals surface area (Å²) in [6, 6.07) is 23.1. The van der Waals surface area contributed by atoms with Crippen molar-refractivity contribution in [2.75, 3.05) is 6.61 Å². The van der Waals surface area contributed by atoms with E-state index in [-0.39, 0.29) is 5.97 Å². The van der Waals surface area contributed by atoms with Gasteiger partial charge in [-0.1, -0.05) is 96.3 Å². The predicted octanol–water partition coefficient (Wildman–Crippen LogP) is 3.42. The van der Waals surface area contributed by atoms with Crippen molar-refractivity contribution in [1.82, 2.24) is 0 Å². The van der Waals surface area contributed by atoms with Crippen molar-refractivity contribution in [3.8, 4) is 0 Å². The fraction of sp³-hybridized carbons (Fsp3) is 0.350. The molecule has 2 nitrogen and oxygen atoms in total. The highest BCUT2D eigenvalue weighted by molar-refractivity contribution is 6.85. The van der Waals surface area contributed by atoms with Gasteiger partial charge in [-0.15, -0.1) is 0 Å². The second kappa shape index (κ2) is 10.0.